The first-order chi connectivity index (χ1) is 15.3. The van der Waals surface area contributed by atoms with Crippen LogP contribution in [0.4, 0.5) is 14.5 Å². The molecule has 2 aromatic heterocycles. The number of aryl methyl sites for hydroxylation is 1. The molecule has 0 N–H and O–H groups in total. The second-order valence-electron chi connectivity index (χ2n) is 8.33. The lowest BCUT2D eigenvalue weighted by Gasteiger charge is -2.46. The largest absolute Gasteiger partial charge is 0.364 e. The fraction of sp³-hybridized carbons (Fsp3) is 0.375. The highest BCUT2D eigenvalue weighted by atomic mass is 19.1. The maximum absolute atomic E-state index is 14.3. The van der Waals surface area contributed by atoms with Crippen LogP contribution in [0.25, 0.3) is 11.0 Å². The Morgan fingerprint density at radius 1 is 1.19 bits per heavy atom. The standard InChI is InChI=1S/C24H25F2N5O/c1-4-19-14-31(15(2)12-30(19)13-16-5-6-17(25)9-20(16)26)22-10-23(32)29(3)21-8-7-18(11-27)28-24(21)22/h5-10,15,19H,4,12-14H2,1-3H3/t15-,19+/m0/s1. The van der Waals surface area contributed by atoms with E-state index < -0.39 is 11.6 Å². The fourth-order valence-corrected chi connectivity index (χ4v) is 4.49. The molecule has 1 aliphatic heterocycles. The van der Waals surface area contributed by atoms with E-state index in [9.17, 15) is 18.8 Å². The maximum Gasteiger partial charge on any atom is 0.252 e. The van der Waals surface area contributed by atoms with Gasteiger partial charge in [-0.2, -0.15) is 5.26 Å². The van der Waals surface area contributed by atoms with Crippen molar-refractivity contribution in [3.05, 3.63) is 69.6 Å². The summed E-state index contributed by atoms with van der Waals surface area (Å²) in [6.07, 6.45) is 0.825. The van der Waals surface area contributed by atoms with E-state index in [0.29, 0.717) is 47.6 Å². The van der Waals surface area contributed by atoms with E-state index in [1.54, 1.807) is 25.2 Å². The van der Waals surface area contributed by atoms with Gasteiger partial charge < -0.3 is 9.47 Å². The van der Waals surface area contributed by atoms with Gasteiger partial charge >= 0.3 is 0 Å². The van der Waals surface area contributed by atoms with E-state index in [1.165, 1.54) is 16.7 Å². The Labute approximate surface area is 185 Å². The van der Waals surface area contributed by atoms with Gasteiger partial charge in [0.15, 0.2) is 0 Å². The molecule has 0 unspecified atom stereocenters. The summed E-state index contributed by atoms with van der Waals surface area (Å²) in [7, 11) is 1.69. The number of piperazine rings is 1. The van der Waals surface area contributed by atoms with Crippen molar-refractivity contribution in [3.63, 3.8) is 0 Å². The van der Waals surface area contributed by atoms with Crippen molar-refractivity contribution < 1.29 is 8.78 Å². The lowest BCUT2D eigenvalue weighted by molar-refractivity contribution is 0.141. The van der Waals surface area contributed by atoms with Crippen molar-refractivity contribution in [1.82, 2.24) is 14.5 Å². The minimum absolute atomic E-state index is 0.0177. The van der Waals surface area contributed by atoms with Gasteiger partial charge in [0.1, 0.15) is 28.9 Å². The summed E-state index contributed by atoms with van der Waals surface area (Å²) >= 11 is 0. The highest BCUT2D eigenvalue weighted by Crippen LogP contribution is 2.30. The molecule has 3 aromatic rings. The summed E-state index contributed by atoms with van der Waals surface area (Å²) in [5, 5.41) is 9.31. The van der Waals surface area contributed by atoms with Crippen LogP contribution in [0, 0.1) is 23.0 Å². The van der Waals surface area contributed by atoms with Gasteiger partial charge in [0.05, 0.1) is 11.2 Å². The molecular formula is C24H25F2N5O. The zero-order valence-corrected chi connectivity index (χ0v) is 18.3. The van der Waals surface area contributed by atoms with Gasteiger partial charge in [-0.15, -0.1) is 0 Å². The van der Waals surface area contributed by atoms with E-state index in [2.05, 4.69) is 34.7 Å². The fourth-order valence-electron chi connectivity index (χ4n) is 4.49. The molecule has 0 bridgehead atoms. The summed E-state index contributed by atoms with van der Waals surface area (Å²) in [6, 6.07) is 10.8. The monoisotopic (exact) mass is 437 g/mol. The number of nitriles is 1. The van der Waals surface area contributed by atoms with E-state index in [4.69, 9.17) is 0 Å². The second kappa shape index (κ2) is 8.67. The summed E-state index contributed by atoms with van der Waals surface area (Å²) < 4.78 is 29.1. The van der Waals surface area contributed by atoms with Crippen molar-refractivity contribution in [2.24, 2.45) is 7.05 Å². The number of hydrogen-bond acceptors (Lipinski definition) is 5. The molecule has 0 spiro atoms. The Morgan fingerprint density at radius 2 is 1.97 bits per heavy atom. The average molecular weight is 437 g/mol. The molecule has 8 heteroatoms. The normalized spacial score (nSPS) is 19.3. The number of aromatic nitrogens is 2. The second-order valence-corrected chi connectivity index (χ2v) is 8.33. The molecule has 1 aliphatic rings. The van der Waals surface area contributed by atoms with Crippen LogP contribution in [-0.4, -0.2) is 39.6 Å². The van der Waals surface area contributed by atoms with Gasteiger partial charge in [-0.05, 0) is 31.5 Å². The molecular weight excluding hydrogens is 412 g/mol. The number of halogens is 2. The van der Waals surface area contributed by atoms with E-state index in [0.717, 1.165) is 12.5 Å². The molecule has 6 nitrogen and oxygen atoms in total. The molecule has 2 atom stereocenters. The molecule has 4 rings (SSSR count). The van der Waals surface area contributed by atoms with Crippen LogP contribution in [0.2, 0.25) is 0 Å². The number of anilines is 1. The quantitative estimate of drug-likeness (QED) is 0.624. The van der Waals surface area contributed by atoms with Crippen LogP contribution in [0.15, 0.2) is 41.2 Å². The topological polar surface area (TPSA) is 65.2 Å². The van der Waals surface area contributed by atoms with Gasteiger partial charge in [-0.1, -0.05) is 13.0 Å². The third kappa shape index (κ3) is 3.96. The van der Waals surface area contributed by atoms with E-state index in [-0.39, 0.29) is 17.6 Å². The lowest BCUT2D eigenvalue weighted by Crippen LogP contribution is -2.57. The Morgan fingerprint density at radius 3 is 2.66 bits per heavy atom. The van der Waals surface area contributed by atoms with Crippen molar-refractivity contribution >= 4 is 16.7 Å². The zero-order chi connectivity index (χ0) is 23.0. The van der Waals surface area contributed by atoms with Crippen LogP contribution in [-0.2, 0) is 13.6 Å². The highest BCUT2D eigenvalue weighted by molar-refractivity contribution is 5.89. The van der Waals surface area contributed by atoms with Crippen LogP contribution < -0.4 is 10.5 Å². The first-order valence-electron chi connectivity index (χ1n) is 10.7. The summed E-state index contributed by atoms with van der Waals surface area (Å²) in [5.74, 6) is -1.13. The minimum atomic E-state index is -0.585. The van der Waals surface area contributed by atoms with E-state index in [1.807, 2.05) is 0 Å². The molecule has 1 aromatic carbocycles. The maximum atomic E-state index is 14.3. The Kier molecular flexibility index (Phi) is 5.94. The molecule has 0 radical (unpaired) electrons. The van der Waals surface area contributed by atoms with Crippen molar-refractivity contribution in [3.8, 4) is 6.07 Å². The summed E-state index contributed by atoms with van der Waals surface area (Å²) in [4.78, 5) is 21.5. The van der Waals surface area contributed by atoms with E-state index >= 15 is 0 Å². The molecule has 32 heavy (non-hydrogen) atoms. The number of pyridine rings is 2. The van der Waals surface area contributed by atoms with Gasteiger partial charge in [0.25, 0.3) is 5.56 Å². The number of hydrogen-bond donors (Lipinski definition) is 0. The van der Waals surface area contributed by atoms with Gasteiger partial charge in [0, 0.05) is 56.5 Å². The first kappa shape index (κ1) is 21.9. The number of fused-ring (bicyclic) bond motifs is 1. The van der Waals surface area contributed by atoms with Gasteiger partial charge in [-0.25, -0.2) is 13.8 Å². The average Bonchev–Trinajstić information content (AvgIpc) is 2.78. The number of benzene rings is 1. The first-order valence-corrected chi connectivity index (χ1v) is 10.7. The SMILES string of the molecule is CC[C@@H]1CN(c2cc(=O)n(C)c3ccc(C#N)nc23)[C@@H](C)CN1Cc1ccc(F)cc1F. The molecule has 0 aliphatic carbocycles. The predicted octanol–water partition coefficient (Wildman–Crippen LogP) is 3.57. The summed E-state index contributed by atoms with van der Waals surface area (Å²) in [6.45, 7) is 5.78. The van der Waals surface area contributed by atoms with Gasteiger partial charge in [-0.3, -0.25) is 9.69 Å². The van der Waals surface area contributed by atoms with Crippen molar-refractivity contribution in [1.29, 1.82) is 5.26 Å². The van der Waals surface area contributed by atoms with Crippen LogP contribution in [0.5, 0.6) is 0 Å². The molecule has 1 fully saturated rings. The molecule has 166 valence electrons. The zero-order valence-electron chi connectivity index (χ0n) is 18.3. The van der Waals surface area contributed by atoms with Crippen LogP contribution in [0.3, 0.4) is 0 Å². The lowest BCUT2D eigenvalue weighted by atomic mass is 10.0. The molecule has 3 heterocycles. The smallest absolute Gasteiger partial charge is 0.252 e. The van der Waals surface area contributed by atoms with Gasteiger partial charge in [0.2, 0.25) is 0 Å². The molecule has 0 amide bonds. The number of rotatable bonds is 4. The Hall–Kier alpha value is -3.31. The third-order valence-electron chi connectivity index (χ3n) is 6.31. The van der Waals surface area contributed by atoms with Crippen molar-refractivity contribution in [2.45, 2.75) is 38.9 Å². The summed E-state index contributed by atoms with van der Waals surface area (Å²) in [5.41, 5.74) is 2.61. The Bertz CT molecular complexity index is 1270. The molecule has 0 saturated carbocycles. The number of nitrogens with zero attached hydrogens (tertiary/aromatic N) is 5. The molecule has 1 saturated heterocycles. The van der Waals surface area contributed by atoms with Crippen LogP contribution in [0.1, 0.15) is 31.5 Å². The van der Waals surface area contributed by atoms with Crippen LogP contribution >= 0.6 is 0 Å². The third-order valence-corrected chi connectivity index (χ3v) is 6.31. The van der Waals surface area contributed by atoms with Crippen molar-refractivity contribution in [2.75, 3.05) is 18.0 Å². The highest BCUT2D eigenvalue weighted by Gasteiger charge is 2.32. The Balaban J connectivity index is 1.70. The predicted molar refractivity (Wildman–Crippen MR) is 119 cm³/mol. The minimum Gasteiger partial charge on any atom is -0.364 e.